The van der Waals surface area contributed by atoms with Gasteiger partial charge in [-0.25, -0.2) is 0 Å². The molecule has 0 aromatic rings. The van der Waals surface area contributed by atoms with Gasteiger partial charge < -0.3 is 4.90 Å². The number of nitrogens with zero attached hydrogens (tertiary/aromatic N) is 1. The van der Waals surface area contributed by atoms with Crippen molar-refractivity contribution in [1.29, 1.82) is 0 Å². The molecule has 70 valence electrons. The molecular formula is C10H25N. The van der Waals surface area contributed by atoms with Gasteiger partial charge in [-0.1, -0.05) is 41.5 Å². The van der Waals surface area contributed by atoms with E-state index in [4.69, 9.17) is 0 Å². The number of hydrogen-bond donors (Lipinski definition) is 0. The molecule has 1 nitrogen and oxygen atoms in total. The molecule has 0 heterocycles. The van der Waals surface area contributed by atoms with Crippen molar-refractivity contribution in [2.45, 2.75) is 41.5 Å². The van der Waals surface area contributed by atoms with Crippen LogP contribution >= 0.6 is 0 Å². The Morgan fingerprint density at radius 3 is 1.45 bits per heavy atom. The van der Waals surface area contributed by atoms with Crippen LogP contribution in [0, 0.1) is 5.92 Å². The summed E-state index contributed by atoms with van der Waals surface area (Å²) in [4.78, 5) is 2.45. The third-order valence-corrected chi connectivity index (χ3v) is 1.52. The fraction of sp³-hybridized carbons (Fsp3) is 1.00. The SMILES string of the molecule is CC.CCN(CC)CC(C)C. The lowest BCUT2D eigenvalue weighted by Crippen LogP contribution is -2.26. The van der Waals surface area contributed by atoms with Crippen LogP contribution in [0.2, 0.25) is 0 Å². The van der Waals surface area contributed by atoms with Crippen LogP contribution in [-0.4, -0.2) is 24.5 Å². The second-order valence-electron chi connectivity index (χ2n) is 2.88. The summed E-state index contributed by atoms with van der Waals surface area (Å²) >= 11 is 0. The van der Waals surface area contributed by atoms with Crippen LogP contribution in [0.4, 0.5) is 0 Å². The van der Waals surface area contributed by atoms with Crippen molar-refractivity contribution in [2.24, 2.45) is 5.92 Å². The zero-order valence-corrected chi connectivity index (χ0v) is 9.15. The molecule has 0 N–H and O–H groups in total. The smallest absolute Gasteiger partial charge is 0.000415 e. The Morgan fingerprint density at radius 2 is 1.36 bits per heavy atom. The van der Waals surface area contributed by atoms with Crippen molar-refractivity contribution >= 4 is 0 Å². The lowest BCUT2D eigenvalue weighted by Gasteiger charge is -2.19. The summed E-state index contributed by atoms with van der Waals surface area (Å²) in [7, 11) is 0. The summed E-state index contributed by atoms with van der Waals surface area (Å²) < 4.78 is 0. The highest BCUT2D eigenvalue weighted by Gasteiger charge is 1.99. The largest absolute Gasteiger partial charge is 0.304 e. The molecule has 0 unspecified atom stereocenters. The van der Waals surface area contributed by atoms with E-state index in [1.165, 1.54) is 19.6 Å². The summed E-state index contributed by atoms with van der Waals surface area (Å²) in [5.41, 5.74) is 0. The van der Waals surface area contributed by atoms with Gasteiger partial charge in [0.2, 0.25) is 0 Å². The Bertz CT molecular complexity index is 55.9. The Labute approximate surface area is 72.8 Å². The maximum atomic E-state index is 2.45. The number of hydrogen-bond acceptors (Lipinski definition) is 1. The molecule has 1 heteroatoms. The topological polar surface area (TPSA) is 3.24 Å². The van der Waals surface area contributed by atoms with E-state index < -0.39 is 0 Å². The van der Waals surface area contributed by atoms with Gasteiger partial charge in [-0.3, -0.25) is 0 Å². The van der Waals surface area contributed by atoms with Gasteiger partial charge in [-0.15, -0.1) is 0 Å². The van der Waals surface area contributed by atoms with Gasteiger partial charge >= 0.3 is 0 Å². The monoisotopic (exact) mass is 159 g/mol. The molecule has 0 saturated heterocycles. The lowest BCUT2D eigenvalue weighted by atomic mass is 10.2. The Balaban J connectivity index is 0. The molecule has 0 spiro atoms. The van der Waals surface area contributed by atoms with Gasteiger partial charge in [0.05, 0.1) is 0 Å². The Hall–Kier alpha value is -0.0400. The molecule has 0 aromatic heterocycles. The summed E-state index contributed by atoms with van der Waals surface area (Å²) in [6, 6.07) is 0. The third kappa shape index (κ3) is 9.96. The van der Waals surface area contributed by atoms with Crippen LogP contribution in [0.15, 0.2) is 0 Å². The maximum absolute atomic E-state index is 2.45. The normalized spacial score (nSPS) is 9.82. The van der Waals surface area contributed by atoms with Gasteiger partial charge in [0, 0.05) is 6.54 Å². The fourth-order valence-corrected chi connectivity index (χ4v) is 0.998. The molecule has 0 radical (unpaired) electrons. The predicted octanol–water partition coefficient (Wildman–Crippen LogP) is 3.01. The Kier molecular flexibility index (Phi) is 12.3. The molecule has 0 amide bonds. The average molecular weight is 159 g/mol. The average Bonchev–Trinajstić information content (AvgIpc) is 2.03. The molecule has 0 saturated carbocycles. The van der Waals surface area contributed by atoms with Crippen molar-refractivity contribution in [3.63, 3.8) is 0 Å². The molecule has 0 rings (SSSR count). The van der Waals surface area contributed by atoms with Crippen molar-refractivity contribution < 1.29 is 0 Å². The van der Waals surface area contributed by atoms with E-state index in [2.05, 4.69) is 32.6 Å². The molecule has 0 atom stereocenters. The molecule has 0 aliphatic rings. The van der Waals surface area contributed by atoms with E-state index in [-0.39, 0.29) is 0 Å². The summed E-state index contributed by atoms with van der Waals surface area (Å²) in [6.45, 7) is 16.6. The minimum Gasteiger partial charge on any atom is -0.304 e. The summed E-state index contributed by atoms with van der Waals surface area (Å²) in [5.74, 6) is 0.810. The van der Waals surface area contributed by atoms with Crippen LogP contribution in [0.25, 0.3) is 0 Å². The second-order valence-corrected chi connectivity index (χ2v) is 2.88. The Morgan fingerprint density at radius 1 is 1.00 bits per heavy atom. The third-order valence-electron chi connectivity index (χ3n) is 1.52. The van der Waals surface area contributed by atoms with Crippen LogP contribution in [-0.2, 0) is 0 Å². The van der Waals surface area contributed by atoms with E-state index >= 15 is 0 Å². The van der Waals surface area contributed by atoms with E-state index in [1.807, 2.05) is 13.8 Å². The number of rotatable bonds is 4. The molecule has 0 aromatic carbocycles. The van der Waals surface area contributed by atoms with E-state index in [9.17, 15) is 0 Å². The van der Waals surface area contributed by atoms with Gasteiger partial charge in [0.1, 0.15) is 0 Å². The van der Waals surface area contributed by atoms with Gasteiger partial charge in [-0.05, 0) is 19.0 Å². The summed E-state index contributed by atoms with van der Waals surface area (Å²) in [5, 5.41) is 0. The van der Waals surface area contributed by atoms with Crippen LogP contribution < -0.4 is 0 Å². The highest BCUT2D eigenvalue weighted by molar-refractivity contribution is 4.54. The first-order valence-electron chi connectivity index (χ1n) is 4.93. The molecule has 0 bridgehead atoms. The van der Waals surface area contributed by atoms with Crippen molar-refractivity contribution in [2.75, 3.05) is 19.6 Å². The highest BCUT2D eigenvalue weighted by atomic mass is 15.1. The molecule has 0 fully saturated rings. The van der Waals surface area contributed by atoms with Crippen molar-refractivity contribution in [1.82, 2.24) is 4.90 Å². The van der Waals surface area contributed by atoms with E-state index in [0.717, 1.165) is 5.92 Å². The van der Waals surface area contributed by atoms with Crippen molar-refractivity contribution in [3.05, 3.63) is 0 Å². The molecular weight excluding hydrogens is 134 g/mol. The lowest BCUT2D eigenvalue weighted by molar-refractivity contribution is 0.269. The quantitative estimate of drug-likeness (QED) is 0.609. The first-order chi connectivity index (χ1) is 5.20. The first kappa shape index (κ1) is 13.5. The van der Waals surface area contributed by atoms with Crippen molar-refractivity contribution in [3.8, 4) is 0 Å². The second kappa shape index (κ2) is 9.96. The maximum Gasteiger partial charge on any atom is 0.000415 e. The predicted molar refractivity (Wildman–Crippen MR) is 54.0 cm³/mol. The van der Waals surface area contributed by atoms with E-state index in [0.29, 0.717) is 0 Å². The zero-order valence-electron chi connectivity index (χ0n) is 9.15. The fourth-order valence-electron chi connectivity index (χ4n) is 0.998. The van der Waals surface area contributed by atoms with Crippen LogP contribution in [0.1, 0.15) is 41.5 Å². The van der Waals surface area contributed by atoms with Crippen LogP contribution in [0.5, 0.6) is 0 Å². The standard InChI is InChI=1S/C8H19N.C2H6/c1-5-9(6-2)7-8(3)4;1-2/h8H,5-7H2,1-4H3;1-2H3. The molecule has 0 aliphatic carbocycles. The molecule has 11 heavy (non-hydrogen) atoms. The molecule has 0 aliphatic heterocycles. The van der Waals surface area contributed by atoms with Gasteiger partial charge in [-0.2, -0.15) is 0 Å². The minimum atomic E-state index is 0.810. The minimum absolute atomic E-state index is 0.810. The first-order valence-corrected chi connectivity index (χ1v) is 4.93. The zero-order chi connectivity index (χ0) is 9.28. The van der Waals surface area contributed by atoms with Gasteiger partial charge in [0.25, 0.3) is 0 Å². The van der Waals surface area contributed by atoms with Crippen LogP contribution in [0.3, 0.4) is 0 Å². The highest BCUT2D eigenvalue weighted by Crippen LogP contribution is 1.96. The van der Waals surface area contributed by atoms with E-state index in [1.54, 1.807) is 0 Å². The van der Waals surface area contributed by atoms with Gasteiger partial charge in [0.15, 0.2) is 0 Å². The summed E-state index contributed by atoms with van der Waals surface area (Å²) in [6.07, 6.45) is 0.